The van der Waals surface area contributed by atoms with Crippen LogP contribution in [0.2, 0.25) is 0 Å². The Hall–Kier alpha value is -0.610. The largest absolute Gasteiger partial charge is 0.473 e. The molecule has 3 unspecified atom stereocenters. The highest BCUT2D eigenvalue weighted by atomic mass is 32.1. The lowest BCUT2D eigenvalue weighted by Gasteiger charge is -2.22. The number of rotatable bonds is 2. The molecular formula is C10H13NO2S. The molecule has 4 heteroatoms. The van der Waals surface area contributed by atoms with Crippen molar-refractivity contribution >= 4 is 11.3 Å². The fourth-order valence-electron chi connectivity index (χ4n) is 2.60. The van der Waals surface area contributed by atoms with Crippen molar-refractivity contribution in [1.82, 2.24) is 4.98 Å². The van der Waals surface area contributed by atoms with E-state index >= 15 is 0 Å². The minimum atomic E-state index is -0.584. The molecule has 3 rings (SSSR count). The number of aliphatic hydroxyl groups is 1. The normalized spacial score (nSPS) is 39.6. The first-order valence-electron chi connectivity index (χ1n) is 4.97. The van der Waals surface area contributed by atoms with E-state index < -0.39 is 5.60 Å². The van der Waals surface area contributed by atoms with Gasteiger partial charge in [0, 0.05) is 6.20 Å². The summed E-state index contributed by atoms with van der Waals surface area (Å²) in [6.07, 6.45) is 5.02. The van der Waals surface area contributed by atoms with E-state index in [4.69, 9.17) is 4.74 Å². The number of hydrogen-bond donors (Lipinski definition) is 1. The van der Waals surface area contributed by atoms with Crippen LogP contribution < -0.4 is 4.74 Å². The molecule has 1 heterocycles. The first-order chi connectivity index (χ1) is 6.74. The molecule has 1 N–H and O–H groups in total. The Morgan fingerprint density at radius 3 is 3.07 bits per heavy atom. The summed E-state index contributed by atoms with van der Waals surface area (Å²) in [7, 11) is 1.61. The topological polar surface area (TPSA) is 42.4 Å². The van der Waals surface area contributed by atoms with Gasteiger partial charge in [-0.25, -0.2) is 4.98 Å². The zero-order valence-electron chi connectivity index (χ0n) is 8.06. The van der Waals surface area contributed by atoms with Gasteiger partial charge in [-0.3, -0.25) is 0 Å². The van der Waals surface area contributed by atoms with Crippen LogP contribution in [0, 0.1) is 11.8 Å². The molecule has 1 aromatic heterocycles. The van der Waals surface area contributed by atoms with Gasteiger partial charge in [0.25, 0.3) is 5.19 Å². The van der Waals surface area contributed by atoms with Gasteiger partial charge in [0.05, 0.1) is 12.0 Å². The summed E-state index contributed by atoms with van der Waals surface area (Å²) >= 11 is 1.48. The number of hydrogen-bond acceptors (Lipinski definition) is 4. The van der Waals surface area contributed by atoms with Crippen molar-refractivity contribution < 1.29 is 9.84 Å². The lowest BCUT2D eigenvalue weighted by atomic mass is 9.96. The van der Waals surface area contributed by atoms with Gasteiger partial charge in [-0.2, -0.15) is 0 Å². The summed E-state index contributed by atoms with van der Waals surface area (Å²) < 4.78 is 5.04. The summed E-state index contributed by atoms with van der Waals surface area (Å²) in [5, 5.41) is 11.1. The molecular weight excluding hydrogens is 198 g/mol. The molecule has 3 nitrogen and oxygen atoms in total. The molecule has 76 valence electrons. The third-order valence-corrected chi connectivity index (χ3v) is 4.64. The lowest BCUT2D eigenvalue weighted by Crippen LogP contribution is -2.23. The second kappa shape index (κ2) is 2.70. The van der Waals surface area contributed by atoms with Crippen molar-refractivity contribution in [3.05, 3.63) is 11.1 Å². The highest BCUT2D eigenvalue weighted by Gasteiger charge is 2.58. The molecule has 2 fully saturated rings. The Balaban J connectivity index is 1.93. The lowest BCUT2D eigenvalue weighted by molar-refractivity contribution is 0.0242. The number of nitrogens with zero attached hydrogens (tertiary/aromatic N) is 1. The fourth-order valence-corrected chi connectivity index (χ4v) is 3.51. The predicted octanol–water partition coefficient (Wildman–Crippen LogP) is 1.77. The maximum atomic E-state index is 10.5. The molecule has 0 amide bonds. The molecule has 2 aliphatic carbocycles. The van der Waals surface area contributed by atoms with Gasteiger partial charge >= 0.3 is 0 Å². The van der Waals surface area contributed by atoms with Crippen LogP contribution in [0.15, 0.2) is 6.20 Å². The van der Waals surface area contributed by atoms with Crippen molar-refractivity contribution in [2.45, 2.75) is 24.9 Å². The number of ether oxygens (including phenoxy) is 1. The minimum absolute atomic E-state index is 0.493. The van der Waals surface area contributed by atoms with Crippen LogP contribution in [0.4, 0.5) is 0 Å². The van der Waals surface area contributed by atoms with Crippen LogP contribution in [-0.2, 0) is 5.60 Å². The van der Waals surface area contributed by atoms with E-state index in [-0.39, 0.29) is 0 Å². The van der Waals surface area contributed by atoms with E-state index in [0.29, 0.717) is 11.1 Å². The predicted molar refractivity (Wildman–Crippen MR) is 53.4 cm³/mol. The molecule has 1 aromatic rings. The minimum Gasteiger partial charge on any atom is -0.473 e. The van der Waals surface area contributed by atoms with E-state index in [9.17, 15) is 5.11 Å². The molecule has 0 saturated heterocycles. The third kappa shape index (κ3) is 1.04. The molecule has 0 spiro atoms. The molecule has 14 heavy (non-hydrogen) atoms. The van der Waals surface area contributed by atoms with Gasteiger partial charge in [-0.05, 0) is 31.1 Å². The number of methoxy groups -OCH3 is 1. The van der Waals surface area contributed by atoms with E-state index in [1.807, 2.05) is 0 Å². The van der Waals surface area contributed by atoms with Crippen molar-refractivity contribution in [3.8, 4) is 5.19 Å². The van der Waals surface area contributed by atoms with E-state index in [1.165, 1.54) is 24.2 Å². The zero-order valence-corrected chi connectivity index (χ0v) is 8.88. The second-order valence-corrected chi connectivity index (χ2v) is 5.25. The number of aromatic nitrogens is 1. The van der Waals surface area contributed by atoms with Crippen LogP contribution in [-0.4, -0.2) is 17.2 Å². The van der Waals surface area contributed by atoms with E-state index in [2.05, 4.69) is 4.98 Å². The molecule has 0 bridgehead atoms. The number of thiazole rings is 1. The van der Waals surface area contributed by atoms with Crippen molar-refractivity contribution in [3.63, 3.8) is 0 Å². The van der Waals surface area contributed by atoms with Crippen LogP contribution in [0.3, 0.4) is 0 Å². The zero-order chi connectivity index (χ0) is 9.76. The van der Waals surface area contributed by atoms with Gasteiger partial charge < -0.3 is 9.84 Å². The van der Waals surface area contributed by atoms with Gasteiger partial charge in [0.15, 0.2) is 0 Å². The standard InChI is InChI=1S/C10H13NO2S/c1-13-9-11-5-8(14-9)10(12)3-2-6-4-7(6)10/h5-7,12H,2-4H2,1H3. The molecule has 2 aliphatic rings. The molecule has 2 saturated carbocycles. The monoisotopic (exact) mass is 211 g/mol. The van der Waals surface area contributed by atoms with Gasteiger partial charge in [0.1, 0.15) is 5.60 Å². The van der Waals surface area contributed by atoms with Gasteiger partial charge in [-0.1, -0.05) is 11.3 Å². The van der Waals surface area contributed by atoms with Crippen LogP contribution in [0.5, 0.6) is 5.19 Å². The van der Waals surface area contributed by atoms with Crippen LogP contribution in [0.25, 0.3) is 0 Å². The summed E-state index contributed by atoms with van der Waals surface area (Å²) in [6.45, 7) is 0. The molecule has 3 atom stereocenters. The SMILES string of the molecule is COc1ncc(C2(O)CCC3CC32)s1. The van der Waals surface area contributed by atoms with Crippen molar-refractivity contribution in [2.75, 3.05) is 7.11 Å². The summed E-state index contributed by atoms with van der Waals surface area (Å²) in [4.78, 5) is 5.10. The molecule has 0 aromatic carbocycles. The van der Waals surface area contributed by atoms with Crippen molar-refractivity contribution in [2.24, 2.45) is 11.8 Å². The average molecular weight is 211 g/mol. The Morgan fingerprint density at radius 2 is 2.57 bits per heavy atom. The quantitative estimate of drug-likeness (QED) is 0.810. The number of fused-ring (bicyclic) bond motifs is 1. The van der Waals surface area contributed by atoms with Crippen molar-refractivity contribution in [1.29, 1.82) is 0 Å². The summed E-state index contributed by atoms with van der Waals surface area (Å²) in [5.74, 6) is 1.26. The first-order valence-corrected chi connectivity index (χ1v) is 5.78. The van der Waals surface area contributed by atoms with Crippen LogP contribution >= 0.6 is 11.3 Å². The Labute approximate surface area is 86.7 Å². The highest BCUT2D eigenvalue weighted by molar-refractivity contribution is 7.13. The highest BCUT2D eigenvalue weighted by Crippen LogP contribution is 2.62. The molecule has 0 radical (unpaired) electrons. The summed E-state index contributed by atoms with van der Waals surface area (Å²) in [6, 6.07) is 0. The molecule has 0 aliphatic heterocycles. The summed E-state index contributed by atoms with van der Waals surface area (Å²) in [5.41, 5.74) is -0.584. The van der Waals surface area contributed by atoms with Crippen LogP contribution in [0.1, 0.15) is 24.1 Å². The fraction of sp³-hybridized carbons (Fsp3) is 0.700. The third-order valence-electron chi connectivity index (χ3n) is 3.52. The van der Waals surface area contributed by atoms with Gasteiger partial charge in [-0.15, -0.1) is 0 Å². The second-order valence-electron chi connectivity index (χ2n) is 4.26. The smallest absolute Gasteiger partial charge is 0.273 e. The average Bonchev–Trinajstić information content (AvgIpc) is 2.70. The maximum Gasteiger partial charge on any atom is 0.273 e. The Morgan fingerprint density at radius 1 is 1.71 bits per heavy atom. The Kier molecular flexibility index (Phi) is 1.67. The van der Waals surface area contributed by atoms with E-state index in [0.717, 1.165) is 17.2 Å². The maximum absolute atomic E-state index is 10.5. The van der Waals surface area contributed by atoms with Gasteiger partial charge in [0.2, 0.25) is 0 Å². The Bertz CT molecular complexity index is 365. The first kappa shape index (κ1) is 8.68. The van der Waals surface area contributed by atoms with E-state index in [1.54, 1.807) is 13.3 Å².